The first-order valence-electron chi connectivity index (χ1n) is 9.69. The summed E-state index contributed by atoms with van der Waals surface area (Å²) >= 11 is 0. The number of hydrogen-bond donors (Lipinski definition) is 3. The molecule has 0 saturated carbocycles. The third-order valence-electron chi connectivity index (χ3n) is 4.25. The number of nitrogens with one attached hydrogen (secondary N) is 3. The fourth-order valence-corrected chi connectivity index (χ4v) is 3.69. The van der Waals surface area contributed by atoms with Crippen LogP contribution in [0.5, 0.6) is 11.5 Å². The van der Waals surface area contributed by atoms with Crippen molar-refractivity contribution in [2.24, 2.45) is 4.99 Å². The number of sulfonamides is 1. The van der Waals surface area contributed by atoms with Crippen molar-refractivity contribution >= 4 is 40.0 Å². The van der Waals surface area contributed by atoms with Gasteiger partial charge in [-0.1, -0.05) is 23.8 Å². The highest BCUT2D eigenvalue weighted by Gasteiger charge is 2.12. The van der Waals surface area contributed by atoms with E-state index in [2.05, 4.69) is 20.3 Å². The molecule has 0 amide bonds. The van der Waals surface area contributed by atoms with Crippen LogP contribution in [0.15, 0.2) is 52.4 Å². The quantitative estimate of drug-likeness (QED) is 0.178. The molecule has 0 bridgehead atoms. The Hall–Kier alpha value is -2.05. The van der Waals surface area contributed by atoms with E-state index in [0.717, 1.165) is 11.1 Å². The normalized spacial score (nSPS) is 11.4. The van der Waals surface area contributed by atoms with Gasteiger partial charge in [-0.05, 0) is 43.7 Å². The molecule has 2 aromatic rings. The number of halogens is 1. The predicted molar refractivity (Wildman–Crippen MR) is 134 cm³/mol. The van der Waals surface area contributed by atoms with E-state index < -0.39 is 10.0 Å². The van der Waals surface area contributed by atoms with E-state index in [0.29, 0.717) is 37.1 Å². The first-order valence-corrected chi connectivity index (χ1v) is 11.2. The highest BCUT2D eigenvalue weighted by atomic mass is 127. The standard InChI is InChI=1S/C21H30N4O4S.HI/c1-5-22-21(24-15-17-8-11-19(28-3)20(14-17)29-4)23-12-13-25-30(26,27)18-9-6-16(2)7-10-18;/h6-11,14,25H,5,12-13,15H2,1-4H3,(H2,22,23,24);1H. The summed E-state index contributed by atoms with van der Waals surface area (Å²) < 4.78 is 37.8. The highest BCUT2D eigenvalue weighted by molar-refractivity contribution is 14.0. The molecule has 0 atom stereocenters. The number of guanidine groups is 1. The van der Waals surface area contributed by atoms with E-state index in [-0.39, 0.29) is 35.4 Å². The lowest BCUT2D eigenvalue weighted by Crippen LogP contribution is -2.41. The molecule has 10 heteroatoms. The molecule has 172 valence electrons. The van der Waals surface area contributed by atoms with Gasteiger partial charge in [-0.3, -0.25) is 0 Å². The van der Waals surface area contributed by atoms with Gasteiger partial charge in [0.05, 0.1) is 25.7 Å². The van der Waals surface area contributed by atoms with E-state index in [1.165, 1.54) is 0 Å². The van der Waals surface area contributed by atoms with E-state index in [1.54, 1.807) is 38.5 Å². The molecule has 0 aliphatic carbocycles. The number of aliphatic imine (C=N–C) groups is 1. The molecule has 0 aromatic heterocycles. The molecule has 3 N–H and O–H groups in total. The summed E-state index contributed by atoms with van der Waals surface area (Å²) in [7, 11) is -0.348. The fraction of sp³-hybridized carbons (Fsp3) is 0.381. The number of hydrogen-bond acceptors (Lipinski definition) is 5. The van der Waals surface area contributed by atoms with E-state index in [1.807, 2.05) is 32.0 Å². The van der Waals surface area contributed by atoms with Gasteiger partial charge in [-0.25, -0.2) is 18.1 Å². The lowest BCUT2D eigenvalue weighted by atomic mass is 10.2. The van der Waals surface area contributed by atoms with Crippen LogP contribution in [-0.4, -0.2) is 48.2 Å². The lowest BCUT2D eigenvalue weighted by molar-refractivity contribution is 0.354. The first-order chi connectivity index (χ1) is 14.4. The van der Waals surface area contributed by atoms with Crippen molar-refractivity contribution in [2.45, 2.75) is 25.3 Å². The maximum atomic E-state index is 12.3. The minimum Gasteiger partial charge on any atom is -0.493 e. The number of aryl methyl sites for hydroxylation is 1. The van der Waals surface area contributed by atoms with Gasteiger partial charge in [0, 0.05) is 19.6 Å². The van der Waals surface area contributed by atoms with Crippen molar-refractivity contribution in [2.75, 3.05) is 33.9 Å². The molecule has 0 aliphatic rings. The van der Waals surface area contributed by atoms with Gasteiger partial charge in [0.1, 0.15) is 0 Å². The second-order valence-electron chi connectivity index (χ2n) is 6.52. The largest absolute Gasteiger partial charge is 0.493 e. The van der Waals surface area contributed by atoms with Crippen LogP contribution in [0.25, 0.3) is 0 Å². The Morgan fingerprint density at radius 2 is 1.65 bits per heavy atom. The molecular formula is C21H31IN4O4S. The third-order valence-corrected chi connectivity index (χ3v) is 5.73. The van der Waals surface area contributed by atoms with Crippen LogP contribution >= 0.6 is 24.0 Å². The van der Waals surface area contributed by atoms with Gasteiger partial charge in [0.25, 0.3) is 0 Å². The average molecular weight is 562 g/mol. The average Bonchev–Trinajstić information content (AvgIpc) is 2.75. The minimum absolute atomic E-state index is 0. The van der Waals surface area contributed by atoms with Crippen molar-refractivity contribution in [3.05, 3.63) is 53.6 Å². The zero-order chi connectivity index (χ0) is 22.0. The van der Waals surface area contributed by atoms with Gasteiger partial charge in [-0.15, -0.1) is 24.0 Å². The van der Waals surface area contributed by atoms with Crippen LogP contribution < -0.4 is 24.8 Å². The smallest absolute Gasteiger partial charge is 0.240 e. The molecule has 0 aliphatic heterocycles. The van der Waals surface area contributed by atoms with Crippen molar-refractivity contribution < 1.29 is 17.9 Å². The Kier molecular flexibility index (Phi) is 11.6. The molecule has 8 nitrogen and oxygen atoms in total. The van der Waals surface area contributed by atoms with Gasteiger partial charge in [0.2, 0.25) is 10.0 Å². The fourth-order valence-electron chi connectivity index (χ4n) is 2.66. The lowest BCUT2D eigenvalue weighted by Gasteiger charge is -2.13. The van der Waals surface area contributed by atoms with Crippen LogP contribution in [0.4, 0.5) is 0 Å². The summed E-state index contributed by atoms with van der Waals surface area (Å²) in [5.41, 5.74) is 1.97. The Labute approximate surface area is 201 Å². The maximum absolute atomic E-state index is 12.3. The predicted octanol–water partition coefficient (Wildman–Crippen LogP) is 2.66. The third kappa shape index (κ3) is 8.54. The van der Waals surface area contributed by atoms with Gasteiger partial charge >= 0.3 is 0 Å². The Balaban J connectivity index is 0.00000480. The van der Waals surface area contributed by atoms with Crippen LogP contribution in [0.3, 0.4) is 0 Å². The molecule has 0 saturated heterocycles. The van der Waals surface area contributed by atoms with Crippen LogP contribution in [0, 0.1) is 6.92 Å². The van der Waals surface area contributed by atoms with Crippen LogP contribution in [0.2, 0.25) is 0 Å². The van der Waals surface area contributed by atoms with Crippen LogP contribution in [-0.2, 0) is 16.6 Å². The van der Waals surface area contributed by atoms with Gasteiger partial charge in [-0.2, -0.15) is 0 Å². The van der Waals surface area contributed by atoms with E-state index >= 15 is 0 Å². The van der Waals surface area contributed by atoms with Crippen LogP contribution in [0.1, 0.15) is 18.1 Å². The molecular weight excluding hydrogens is 531 g/mol. The molecule has 0 radical (unpaired) electrons. The van der Waals surface area contributed by atoms with Crippen molar-refractivity contribution in [3.8, 4) is 11.5 Å². The first kappa shape index (κ1) is 27.0. The molecule has 0 heterocycles. The zero-order valence-electron chi connectivity index (χ0n) is 18.3. The second kappa shape index (κ2) is 13.4. The summed E-state index contributed by atoms with van der Waals surface area (Å²) in [5.74, 6) is 1.91. The molecule has 0 fully saturated rings. The van der Waals surface area contributed by atoms with E-state index in [9.17, 15) is 8.42 Å². The summed E-state index contributed by atoms with van der Waals surface area (Å²) in [6.45, 7) is 5.63. The Bertz CT molecular complexity index is 950. The molecule has 2 aromatic carbocycles. The van der Waals surface area contributed by atoms with Crippen molar-refractivity contribution in [3.63, 3.8) is 0 Å². The Morgan fingerprint density at radius 1 is 0.968 bits per heavy atom. The second-order valence-corrected chi connectivity index (χ2v) is 8.29. The topological polar surface area (TPSA) is 101 Å². The summed E-state index contributed by atoms with van der Waals surface area (Å²) in [5, 5.41) is 6.28. The van der Waals surface area contributed by atoms with Gasteiger partial charge < -0.3 is 20.1 Å². The minimum atomic E-state index is -3.53. The molecule has 31 heavy (non-hydrogen) atoms. The SMILES string of the molecule is CCNC(=NCc1ccc(OC)c(OC)c1)NCCNS(=O)(=O)c1ccc(C)cc1.I. The zero-order valence-corrected chi connectivity index (χ0v) is 21.4. The summed E-state index contributed by atoms with van der Waals surface area (Å²) in [6.07, 6.45) is 0. The monoisotopic (exact) mass is 562 g/mol. The van der Waals surface area contributed by atoms with Crippen molar-refractivity contribution in [1.82, 2.24) is 15.4 Å². The maximum Gasteiger partial charge on any atom is 0.240 e. The summed E-state index contributed by atoms with van der Waals surface area (Å²) in [6, 6.07) is 12.4. The number of benzene rings is 2. The highest BCUT2D eigenvalue weighted by Crippen LogP contribution is 2.27. The van der Waals surface area contributed by atoms with Gasteiger partial charge in [0.15, 0.2) is 17.5 Å². The van der Waals surface area contributed by atoms with E-state index in [4.69, 9.17) is 9.47 Å². The van der Waals surface area contributed by atoms with Crippen molar-refractivity contribution in [1.29, 1.82) is 0 Å². The summed E-state index contributed by atoms with van der Waals surface area (Å²) in [4.78, 5) is 4.79. The number of methoxy groups -OCH3 is 2. The number of nitrogens with zero attached hydrogens (tertiary/aromatic N) is 1. The Morgan fingerprint density at radius 3 is 2.26 bits per heavy atom. The molecule has 0 spiro atoms. The molecule has 0 unspecified atom stereocenters. The molecule has 2 rings (SSSR count). The number of rotatable bonds is 10. The number of ether oxygens (including phenoxy) is 2.